The lowest BCUT2D eigenvalue weighted by Gasteiger charge is -2.16. The van der Waals surface area contributed by atoms with Crippen LogP contribution in [0.15, 0.2) is 24.7 Å². The molecule has 2 aliphatic rings. The maximum atomic E-state index is 14.7. The van der Waals surface area contributed by atoms with Crippen molar-refractivity contribution in [3.63, 3.8) is 0 Å². The summed E-state index contributed by atoms with van der Waals surface area (Å²) in [5, 5.41) is 6.18. The smallest absolute Gasteiger partial charge is 0.236 e. The number of pyridine rings is 1. The molecule has 2 fully saturated rings. The van der Waals surface area contributed by atoms with Crippen molar-refractivity contribution in [1.82, 2.24) is 24.7 Å². The zero-order valence-electron chi connectivity index (χ0n) is 15.8. The van der Waals surface area contributed by atoms with Crippen LogP contribution in [0.1, 0.15) is 12.8 Å². The van der Waals surface area contributed by atoms with Gasteiger partial charge in [-0.15, -0.1) is 0 Å². The molecule has 3 aromatic heterocycles. The fraction of sp³-hybridized carbons (Fsp3) is 0.389. The Morgan fingerprint density at radius 3 is 2.80 bits per heavy atom. The number of anilines is 2. The summed E-state index contributed by atoms with van der Waals surface area (Å²) in [4.78, 5) is 12.6. The molecule has 2 N–H and O–H groups in total. The van der Waals surface area contributed by atoms with E-state index in [4.69, 9.17) is 0 Å². The highest BCUT2D eigenvalue weighted by Gasteiger charge is 2.30. The Kier molecular flexibility index (Phi) is 4.54. The van der Waals surface area contributed by atoms with Crippen molar-refractivity contribution in [3.8, 4) is 11.4 Å². The Labute approximate surface area is 171 Å². The number of hydrogen-bond donors (Lipinski definition) is 2. The lowest BCUT2D eigenvalue weighted by molar-refractivity contribution is 0.575. The third kappa shape index (κ3) is 3.25. The Bertz CT molecular complexity index is 1220. The van der Waals surface area contributed by atoms with Gasteiger partial charge in [0.2, 0.25) is 10.0 Å². The average molecular weight is 435 g/mol. The molecular weight excluding hydrogens is 416 g/mol. The van der Waals surface area contributed by atoms with E-state index in [1.807, 2.05) is 0 Å². The van der Waals surface area contributed by atoms with Gasteiger partial charge in [0.25, 0.3) is 0 Å². The molecule has 0 radical (unpaired) electrons. The third-order valence-corrected chi connectivity index (χ3v) is 7.16. The van der Waals surface area contributed by atoms with Crippen LogP contribution in [0.3, 0.4) is 0 Å². The fourth-order valence-corrected chi connectivity index (χ4v) is 5.30. The molecule has 5 rings (SSSR count). The van der Waals surface area contributed by atoms with Crippen LogP contribution in [0.4, 0.5) is 20.4 Å². The van der Waals surface area contributed by atoms with Gasteiger partial charge in [0, 0.05) is 25.2 Å². The molecule has 5 heterocycles. The number of nitrogens with one attached hydrogen (secondary N) is 2. The molecule has 2 saturated heterocycles. The van der Waals surface area contributed by atoms with Gasteiger partial charge in [-0.1, -0.05) is 0 Å². The van der Waals surface area contributed by atoms with Crippen LogP contribution in [0.25, 0.3) is 17.0 Å². The maximum Gasteiger partial charge on any atom is 0.236 e. The molecule has 1 atom stereocenters. The van der Waals surface area contributed by atoms with E-state index in [0.717, 1.165) is 19.0 Å². The molecule has 0 saturated carbocycles. The second-order valence-corrected chi connectivity index (χ2v) is 9.35. The zero-order valence-corrected chi connectivity index (χ0v) is 16.7. The van der Waals surface area contributed by atoms with E-state index >= 15 is 0 Å². The van der Waals surface area contributed by atoms with E-state index < -0.39 is 21.7 Å². The molecule has 0 spiro atoms. The van der Waals surface area contributed by atoms with Crippen molar-refractivity contribution in [2.24, 2.45) is 0 Å². The molecule has 158 valence electrons. The average Bonchev–Trinajstić information content (AvgIpc) is 3.43. The summed E-state index contributed by atoms with van der Waals surface area (Å²) in [7, 11) is -3.42. The number of halogens is 2. The Morgan fingerprint density at radius 1 is 1.20 bits per heavy atom. The topological polar surface area (TPSA) is 105 Å². The van der Waals surface area contributed by atoms with Crippen molar-refractivity contribution in [3.05, 3.63) is 36.3 Å². The molecule has 2 aliphatic heterocycles. The van der Waals surface area contributed by atoms with Gasteiger partial charge >= 0.3 is 0 Å². The van der Waals surface area contributed by atoms with Gasteiger partial charge in [-0.2, -0.15) is 0 Å². The van der Waals surface area contributed by atoms with Gasteiger partial charge < -0.3 is 10.6 Å². The first-order valence-electron chi connectivity index (χ1n) is 9.59. The maximum absolute atomic E-state index is 14.7. The van der Waals surface area contributed by atoms with E-state index in [2.05, 4.69) is 25.6 Å². The molecular formula is C18H19F2N7O2S. The van der Waals surface area contributed by atoms with Crippen molar-refractivity contribution in [2.75, 3.05) is 35.0 Å². The van der Waals surface area contributed by atoms with Crippen LogP contribution in [-0.2, 0) is 10.0 Å². The van der Waals surface area contributed by atoms with Crippen LogP contribution in [-0.4, -0.2) is 59.2 Å². The Balaban J connectivity index is 1.58. The number of fused-ring (bicyclic) bond motifs is 1. The number of hydrogen-bond acceptors (Lipinski definition) is 7. The van der Waals surface area contributed by atoms with Crippen molar-refractivity contribution in [1.29, 1.82) is 0 Å². The monoisotopic (exact) mass is 435 g/mol. The number of sulfonamides is 1. The third-order valence-electron chi connectivity index (χ3n) is 5.31. The largest absolute Gasteiger partial charge is 0.364 e. The zero-order chi connectivity index (χ0) is 20.9. The van der Waals surface area contributed by atoms with Gasteiger partial charge in [-0.25, -0.2) is 32.2 Å². The first-order chi connectivity index (χ1) is 14.4. The molecule has 12 heteroatoms. The van der Waals surface area contributed by atoms with Gasteiger partial charge in [-0.05, 0) is 19.4 Å². The number of aromatic nitrogens is 4. The van der Waals surface area contributed by atoms with E-state index in [9.17, 15) is 17.2 Å². The van der Waals surface area contributed by atoms with Crippen LogP contribution in [0.5, 0.6) is 0 Å². The summed E-state index contributed by atoms with van der Waals surface area (Å²) in [5.74, 6) is -1.37. The minimum Gasteiger partial charge on any atom is -0.364 e. The second-order valence-electron chi connectivity index (χ2n) is 7.34. The molecule has 0 aromatic carbocycles. The predicted octanol–water partition coefficient (Wildman–Crippen LogP) is 1.38. The summed E-state index contributed by atoms with van der Waals surface area (Å²) in [6.45, 7) is 1.82. The van der Waals surface area contributed by atoms with Gasteiger partial charge in [0.15, 0.2) is 28.9 Å². The lowest BCUT2D eigenvalue weighted by atomic mass is 10.2. The Hall–Kier alpha value is -2.86. The van der Waals surface area contributed by atoms with Crippen LogP contribution in [0.2, 0.25) is 0 Å². The summed E-state index contributed by atoms with van der Waals surface area (Å²) in [5.41, 5.74) is 0.583. The summed E-state index contributed by atoms with van der Waals surface area (Å²) in [6.07, 6.45) is 5.63. The highest BCUT2D eigenvalue weighted by Crippen LogP contribution is 2.28. The molecule has 9 nitrogen and oxygen atoms in total. The highest BCUT2D eigenvalue weighted by atomic mass is 32.2. The van der Waals surface area contributed by atoms with E-state index in [0.29, 0.717) is 25.2 Å². The first-order valence-corrected chi connectivity index (χ1v) is 11.2. The summed E-state index contributed by atoms with van der Waals surface area (Å²) < 4.78 is 56.1. The lowest BCUT2D eigenvalue weighted by Crippen LogP contribution is -2.26. The molecule has 0 unspecified atom stereocenters. The number of rotatable bonds is 4. The summed E-state index contributed by atoms with van der Waals surface area (Å²) in [6, 6.07) is 0.795. The van der Waals surface area contributed by atoms with Crippen molar-refractivity contribution in [2.45, 2.75) is 18.9 Å². The standard InChI is InChI=1S/C18H19F2N7O2S/c19-12-6-13(20)18(24-11-2-3-21-7-11)25-17(12)14-8-22-15-9-23-16(10-26(14)15)27-4-1-5-30(27,28)29/h6,8-11,21H,1-5,7H2,(H,24,25)/t11-/m1/s1. The SMILES string of the molecule is O=S1(=O)CCCN1c1cn2c(-c3nc(N[C@@H]4CCNC4)c(F)cc3F)cnc2cn1. The minimum atomic E-state index is -3.42. The highest BCUT2D eigenvalue weighted by molar-refractivity contribution is 7.93. The van der Waals surface area contributed by atoms with Gasteiger partial charge in [0.05, 0.1) is 30.0 Å². The molecule has 0 bridgehead atoms. The van der Waals surface area contributed by atoms with Crippen LogP contribution < -0.4 is 14.9 Å². The van der Waals surface area contributed by atoms with Gasteiger partial charge in [-0.3, -0.25) is 8.71 Å². The van der Waals surface area contributed by atoms with Gasteiger partial charge in [0.1, 0.15) is 5.69 Å². The predicted molar refractivity (Wildman–Crippen MR) is 107 cm³/mol. The molecule has 3 aromatic rings. The summed E-state index contributed by atoms with van der Waals surface area (Å²) >= 11 is 0. The van der Waals surface area contributed by atoms with Crippen LogP contribution >= 0.6 is 0 Å². The first kappa shape index (κ1) is 19.1. The molecule has 30 heavy (non-hydrogen) atoms. The van der Waals surface area contributed by atoms with E-state index in [1.165, 1.54) is 27.3 Å². The molecule has 0 amide bonds. The number of nitrogens with zero attached hydrogens (tertiary/aromatic N) is 5. The quantitative estimate of drug-likeness (QED) is 0.638. The Morgan fingerprint density at radius 2 is 2.07 bits per heavy atom. The van der Waals surface area contributed by atoms with Crippen molar-refractivity contribution < 1.29 is 17.2 Å². The fourth-order valence-electron chi connectivity index (χ4n) is 3.80. The van der Waals surface area contributed by atoms with Crippen molar-refractivity contribution >= 4 is 27.3 Å². The normalized spacial score (nSPS) is 20.9. The van der Waals surface area contributed by atoms with E-state index in [-0.39, 0.29) is 34.8 Å². The number of imidazole rings is 1. The minimum absolute atomic E-state index is 0.00340. The molecule has 0 aliphatic carbocycles. The second kappa shape index (κ2) is 7.13. The van der Waals surface area contributed by atoms with E-state index in [1.54, 1.807) is 0 Å². The van der Waals surface area contributed by atoms with Crippen LogP contribution in [0, 0.1) is 11.6 Å².